The third-order valence-electron chi connectivity index (χ3n) is 2.51. The number of halogens is 4. The minimum atomic E-state index is -0.583. The summed E-state index contributed by atoms with van der Waals surface area (Å²) in [7, 11) is 0. The maximum absolute atomic E-state index is 13.2. The average Bonchev–Trinajstić information content (AvgIpc) is 2.38. The van der Waals surface area contributed by atoms with Gasteiger partial charge in [0, 0.05) is 14.6 Å². The second-order valence-corrected chi connectivity index (χ2v) is 6.05. The molecular formula is C13H8Br2ClFN2O. The number of benzene rings is 2. The van der Waals surface area contributed by atoms with Crippen LogP contribution in [0.1, 0.15) is 10.4 Å². The molecule has 3 nitrogen and oxygen atoms in total. The van der Waals surface area contributed by atoms with Crippen molar-refractivity contribution in [2.75, 3.05) is 11.1 Å². The van der Waals surface area contributed by atoms with Crippen molar-refractivity contribution in [2.45, 2.75) is 0 Å². The summed E-state index contributed by atoms with van der Waals surface area (Å²) in [6.45, 7) is 0. The first-order chi connectivity index (χ1) is 9.38. The molecule has 0 aliphatic carbocycles. The molecule has 0 saturated carbocycles. The number of hydrogen-bond acceptors (Lipinski definition) is 2. The molecule has 0 saturated heterocycles. The second kappa shape index (κ2) is 6.11. The van der Waals surface area contributed by atoms with Gasteiger partial charge in [-0.15, -0.1) is 0 Å². The summed E-state index contributed by atoms with van der Waals surface area (Å²) in [4.78, 5) is 12.1. The van der Waals surface area contributed by atoms with Crippen LogP contribution in [0.5, 0.6) is 0 Å². The first kappa shape index (κ1) is 15.3. The Hall–Kier alpha value is -1.11. The highest BCUT2D eigenvalue weighted by atomic mass is 79.9. The van der Waals surface area contributed by atoms with E-state index in [2.05, 4.69) is 37.2 Å². The van der Waals surface area contributed by atoms with Crippen molar-refractivity contribution in [3.8, 4) is 0 Å². The lowest BCUT2D eigenvalue weighted by Gasteiger charge is -2.09. The van der Waals surface area contributed by atoms with E-state index < -0.39 is 11.7 Å². The van der Waals surface area contributed by atoms with Gasteiger partial charge in [-0.05, 0) is 62.2 Å². The van der Waals surface area contributed by atoms with Crippen molar-refractivity contribution in [3.05, 3.63) is 55.7 Å². The number of anilines is 2. The highest BCUT2D eigenvalue weighted by molar-refractivity contribution is 9.10. The number of rotatable bonds is 2. The molecule has 2 aromatic carbocycles. The topological polar surface area (TPSA) is 55.1 Å². The SMILES string of the molecule is Nc1cc(C(=O)Nc2ccc(Br)c(Cl)c2)c(Br)cc1F. The molecule has 7 heteroatoms. The van der Waals surface area contributed by atoms with Crippen LogP contribution in [0.25, 0.3) is 0 Å². The van der Waals surface area contributed by atoms with Gasteiger partial charge in [-0.3, -0.25) is 4.79 Å². The molecule has 104 valence electrons. The molecule has 0 fully saturated rings. The smallest absolute Gasteiger partial charge is 0.256 e. The van der Waals surface area contributed by atoms with Gasteiger partial charge in [0.1, 0.15) is 5.82 Å². The van der Waals surface area contributed by atoms with E-state index in [1.54, 1.807) is 18.2 Å². The molecule has 0 radical (unpaired) electrons. The number of nitrogens with two attached hydrogens (primary N) is 1. The van der Waals surface area contributed by atoms with E-state index in [-0.39, 0.29) is 11.3 Å². The number of nitrogens with one attached hydrogen (secondary N) is 1. The molecule has 0 unspecified atom stereocenters. The quantitative estimate of drug-likeness (QED) is 0.681. The molecule has 0 aromatic heterocycles. The minimum Gasteiger partial charge on any atom is -0.396 e. The molecule has 0 bridgehead atoms. The first-order valence-electron chi connectivity index (χ1n) is 5.39. The Kier molecular flexibility index (Phi) is 4.67. The van der Waals surface area contributed by atoms with Crippen molar-refractivity contribution < 1.29 is 9.18 Å². The zero-order chi connectivity index (χ0) is 14.9. The van der Waals surface area contributed by atoms with Crippen LogP contribution in [-0.4, -0.2) is 5.91 Å². The fraction of sp³-hybridized carbons (Fsp3) is 0. The van der Waals surface area contributed by atoms with Gasteiger partial charge in [-0.25, -0.2) is 4.39 Å². The third kappa shape index (κ3) is 3.31. The van der Waals surface area contributed by atoms with Gasteiger partial charge in [-0.1, -0.05) is 11.6 Å². The van der Waals surface area contributed by atoms with Gasteiger partial charge < -0.3 is 11.1 Å². The average molecular weight is 422 g/mol. The van der Waals surface area contributed by atoms with Crippen LogP contribution in [0, 0.1) is 5.82 Å². The van der Waals surface area contributed by atoms with Gasteiger partial charge >= 0.3 is 0 Å². The predicted octanol–water partition coefficient (Wildman–Crippen LogP) is 4.84. The van der Waals surface area contributed by atoms with Crippen molar-refractivity contribution >= 4 is 60.7 Å². The lowest BCUT2D eigenvalue weighted by Crippen LogP contribution is -2.13. The monoisotopic (exact) mass is 420 g/mol. The molecular weight excluding hydrogens is 414 g/mol. The van der Waals surface area contributed by atoms with Crippen molar-refractivity contribution in [1.29, 1.82) is 0 Å². The second-order valence-electron chi connectivity index (χ2n) is 3.94. The van der Waals surface area contributed by atoms with Crippen LogP contribution >= 0.6 is 43.5 Å². The fourth-order valence-electron chi connectivity index (χ4n) is 1.51. The Morgan fingerprint density at radius 2 is 1.90 bits per heavy atom. The minimum absolute atomic E-state index is 0.0906. The zero-order valence-corrected chi connectivity index (χ0v) is 13.8. The third-order valence-corrected chi connectivity index (χ3v) is 4.40. The summed E-state index contributed by atoms with van der Waals surface area (Å²) in [5.74, 6) is -0.998. The number of nitrogen functional groups attached to an aromatic ring is 1. The lowest BCUT2D eigenvalue weighted by molar-refractivity contribution is 0.102. The fourth-order valence-corrected chi connectivity index (χ4v) is 2.43. The first-order valence-corrected chi connectivity index (χ1v) is 7.36. The van der Waals surface area contributed by atoms with E-state index in [0.29, 0.717) is 15.2 Å². The standard InChI is InChI=1S/C13H8Br2ClFN2O/c14-8-2-1-6(3-10(8)16)19-13(20)7-4-12(18)11(17)5-9(7)15/h1-5H,18H2,(H,19,20). The summed E-state index contributed by atoms with van der Waals surface area (Å²) in [6, 6.07) is 7.43. The van der Waals surface area contributed by atoms with Crippen molar-refractivity contribution in [3.63, 3.8) is 0 Å². The van der Waals surface area contributed by atoms with E-state index in [1.807, 2.05) is 0 Å². The highest BCUT2D eigenvalue weighted by Gasteiger charge is 2.14. The van der Waals surface area contributed by atoms with Crippen LogP contribution in [0.3, 0.4) is 0 Å². The Bertz CT molecular complexity index is 694. The number of carbonyl (C=O) groups is 1. The van der Waals surface area contributed by atoms with Gasteiger partial charge in [0.2, 0.25) is 0 Å². The van der Waals surface area contributed by atoms with E-state index >= 15 is 0 Å². The van der Waals surface area contributed by atoms with Crippen molar-refractivity contribution in [2.24, 2.45) is 0 Å². The molecule has 1 amide bonds. The Morgan fingerprint density at radius 3 is 2.55 bits per heavy atom. The zero-order valence-electron chi connectivity index (χ0n) is 9.88. The van der Waals surface area contributed by atoms with Crippen LogP contribution < -0.4 is 11.1 Å². The lowest BCUT2D eigenvalue weighted by atomic mass is 10.1. The van der Waals surface area contributed by atoms with E-state index in [9.17, 15) is 9.18 Å². The number of amides is 1. The van der Waals surface area contributed by atoms with E-state index in [1.165, 1.54) is 6.07 Å². The van der Waals surface area contributed by atoms with Gasteiger partial charge in [-0.2, -0.15) is 0 Å². The predicted molar refractivity (Wildman–Crippen MR) is 85.6 cm³/mol. The summed E-state index contributed by atoms with van der Waals surface area (Å²) in [6.07, 6.45) is 0. The molecule has 2 rings (SSSR count). The number of hydrogen-bond donors (Lipinski definition) is 2. The normalized spacial score (nSPS) is 10.4. The van der Waals surface area contributed by atoms with E-state index in [4.69, 9.17) is 17.3 Å². The van der Waals surface area contributed by atoms with E-state index in [0.717, 1.165) is 10.5 Å². The van der Waals surface area contributed by atoms with Crippen LogP contribution in [0.2, 0.25) is 5.02 Å². The van der Waals surface area contributed by atoms with Crippen LogP contribution in [0.4, 0.5) is 15.8 Å². The molecule has 3 N–H and O–H groups in total. The van der Waals surface area contributed by atoms with Gasteiger partial charge in [0.15, 0.2) is 0 Å². The Balaban J connectivity index is 2.28. The number of carbonyl (C=O) groups excluding carboxylic acids is 1. The summed E-state index contributed by atoms with van der Waals surface area (Å²) in [5.41, 5.74) is 6.14. The van der Waals surface area contributed by atoms with Crippen molar-refractivity contribution in [1.82, 2.24) is 0 Å². The van der Waals surface area contributed by atoms with Crippen LogP contribution in [-0.2, 0) is 0 Å². The molecule has 0 aliphatic heterocycles. The molecule has 0 spiro atoms. The summed E-state index contributed by atoms with van der Waals surface area (Å²) >= 11 is 12.3. The summed E-state index contributed by atoms with van der Waals surface area (Å²) in [5, 5.41) is 3.13. The maximum Gasteiger partial charge on any atom is 0.256 e. The highest BCUT2D eigenvalue weighted by Crippen LogP contribution is 2.27. The largest absolute Gasteiger partial charge is 0.396 e. The molecule has 20 heavy (non-hydrogen) atoms. The van der Waals surface area contributed by atoms with Crippen LogP contribution in [0.15, 0.2) is 39.3 Å². The van der Waals surface area contributed by atoms with Gasteiger partial charge in [0.05, 0.1) is 16.3 Å². The molecule has 0 heterocycles. The molecule has 0 atom stereocenters. The summed E-state index contributed by atoms with van der Waals surface area (Å²) < 4.78 is 14.3. The molecule has 2 aromatic rings. The van der Waals surface area contributed by atoms with Gasteiger partial charge in [0.25, 0.3) is 5.91 Å². The Morgan fingerprint density at radius 1 is 1.20 bits per heavy atom. The maximum atomic E-state index is 13.2. The Labute approximate surface area is 136 Å². The molecule has 0 aliphatic rings.